The van der Waals surface area contributed by atoms with Gasteiger partial charge in [0, 0.05) is 12.8 Å². The first kappa shape index (κ1) is 18.1. The highest BCUT2D eigenvalue weighted by molar-refractivity contribution is 7.57. The van der Waals surface area contributed by atoms with Crippen molar-refractivity contribution in [2.45, 2.75) is 19.8 Å². The lowest BCUT2D eigenvalue weighted by atomic mass is 10.5. The number of methoxy groups -OCH3 is 1. The number of hydrogen-bond donors (Lipinski definition) is 1. The summed E-state index contributed by atoms with van der Waals surface area (Å²) in [5.74, 6) is -0.967. The van der Waals surface area contributed by atoms with Gasteiger partial charge in [-0.15, -0.1) is 7.92 Å². The van der Waals surface area contributed by atoms with Gasteiger partial charge in [-0.25, -0.2) is 0 Å². The fraction of sp³-hybridized carbons (Fsp3) is 0.700. The molecular weight excluding hydrogens is 247 g/mol. The molecule has 0 rings (SSSR count). The van der Waals surface area contributed by atoms with E-state index >= 15 is 0 Å². The molecule has 0 saturated heterocycles. The molecule has 1 unspecified atom stereocenters. The molecule has 0 heterocycles. The van der Waals surface area contributed by atoms with Crippen LogP contribution < -0.4 is 0 Å². The van der Waals surface area contributed by atoms with E-state index in [1.54, 1.807) is 0 Å². The van der Waals surface area contributed by atoms with Crippen LogP contribution in [0.2, 0.25) is 0 Å². The van der Waals surface area contributed by atoms with Gasteiger partial charge in [-0.2, -0.15) is 9.59 Å². The lowest BCUT2D eigenvalue weighted by Gasteiger charge is -2.13. The molecule has 0 aromatic rings. The fourth-order valence-corrected chi connectivity index (χ4v) is 2.90. The van der Waals surface area contributed by atoms with E-state index in [0.717, 1.165) is 12.3 Å². The van der Waals surface area contributed by atoms with E-state index in [1.807, 2.05) is 6.92 Å². The van der Waals surface area contributed by atoms with Crippen molar-refractivity contribution in [1.82, 2.24) is 0 Å². The first-order chi connectivity index (χ1) is 8.01. The van der Waals surface area contributed by atoms with Gasteiger partial charge >= 0.3 is 18.1 Å². The van der Waals surface area contributed by atoms with Gasteiger partial charge in [0.2, 0.25) is 0 Å². The summed E-state index contributed by atoms with van der Waals surface area (Å²) in [5.41, 5.74) is 0. The van der Waals surface area contributed by atoms with Gasteiger partial charge in [-0.05, 0) is 18.5 Å². The van der Waals surface area contributed by atoms with Crippen LogP contribution in [-0.2, 0) is 23.9 Å². The molecule has 0 fully saturated rings. The van der Waals surface area contributed by atoms with Crippen molar-refractivity contribution in [3.05, 3.63) is 0 Å². The summed E-state index contributed by atoms with van der Waals surface area (Å²) in [6.45, 7) is 2.03. The van der Waals surface area contributed by atoms with Crippen LogP contribution in [0.25, 0.3) is 0 Å². The van der Waals surface area contributed by atoms with Gasteiger partial charge < -0.3 is 9.84 Å². The second-order valence-electron chi connectivity index (χ2n) is 2.99. The maximum Gasteiger partial charge on any atom is 0.373 e. The number of ether oxygens (including phenoxy) is 1. The Morgan fingerprint density at radius 2 is 1.71 bits per heavy atom. The second-order valence-corrected chi connectivity index (χ2v) is 5.86. The van der Waals surface area contributed by atoms with Crippen molar-refractivity contribution in [2.24, 2.45) is 0 Å². The summed E-state index contributed by atoms with van der Waals surface area (Å²) in [7, 11) is 1.06. The number of hydrogen-bond acceptors (Lipinski definition) is 5. The molecule has 17 heavy (non-hydrogen) atoms. The van der Waals surface area contributed by atoms with E-state index in [2.05, 4.69) is 4.74 Å². The Morgan fingerprint density at radius 1 is 1.24 bits per heavy atom. The minimum atomic E-state index is -0.760. The van der Waals surface area contributed by atoms with Crippen LogP contribution in [-0.4, -0.2) is 48.8 Å². The lowest BCUT2D eigenvalue weighted by Crippen LogP contribution is -2.06. The third-order valence-corrected chi connectivity index (χ3v) is 4.56. The molecule has 1 N–H and O–H groups in total. The van der Waals surface area contributed by atoms with E-state index < -0.39 is 5.97 Å². The third-order valence-electron chi connectivity index (χ3n) is 1.95. The first-order valence-electron chi connectivity index (χ1n) is 5.02. The fourth-order valence-electron chi connectivity index (χ4n) is 1.03. The number of esters is 1. The van der Waals surface area contributed by atoms with Crippen LogP contribution >= 0.6 is 7.92 Å². The quantitative estimate of drug-likeness (QED) is 0.543. The highest BCUT2D eigenvalue weighted by atomic mass is 31.1. The maximum absolute atomic E-state index is 10.8. The summed E-state index contributed by atoms with van der Waals surface area (Å²) < 4.78 is 4.53. The van der Waals surface area contributed by atoms with Crippen molar-refractivity contribution < 1.29 is 29.0 Å². The molecule has 0 spiro atoms. The largest absolute Gasteiger partial charge is 0.481 e. The summed E-state index contributed by atoms with van der Waals surface area (Å²) in [5, 5.41) is 8.50. The maximum atomic E-state index is 10.8. The van der Waals surface area contributed by atoms with E-state index in [1.165, 1.54) is 7.11 Å². The first-order valence-corrected chi connectivity index (χ1v) is 6.91. The zero-order chi connectivity index (χ0) is 13.7. The van der Waals surface area contributed by atoms with Gasteiger partial charge in [-0.1, -0.05) is 6.92 Å². The molecule has 0 amide bonds. The molecule has 1 atom stereocenters. The molecule has 0 saturated carbocycles. The van der Waals surface area contributed by atoms with Crippen molar-refractivity contribution in [2.75, 3.05) is 25.6 Å². The average Bonchev–Trinajstić information content (AvgIpc) is 2.29. The molecule has 98 valence electrons. The summed E-state index contributed by atoms with van der Waals surface area (Å²) >= 11 is 0. The minimum Gasteiger partial charge on any atom is -0.481 e. The van der Waals surface area contributed by atoms with E-state index in [9.17, 15) is 9.59 Å². The van der Waals surface area contributed by atoms with Crippen molar-refractivity contribution in [1.29, 1.82) is 0 Å². The van der Waals surface area contributed by atoms with Gasteiger partial charge in [0.1, 0.15) is 0 Å². The summed E-state index contributed by atoms with van der Waals surface area (Å²) in [6.07, 6.45) is 3.33. The number of carboxylic acids is 1. The highest BCUT2D eigenvalue weighted by Gasteiger charge is 2.10. The Bertz CT molecular complexity index is 260. The van der Waals surface area contributed by atoms with Gasteiger partial charge in [0.05, 0.1) is 7.11 Å². The van der Waals surface area contributed by atoms with Crippen LogP contribution in [0, 0.1) is 0 Å². The highest BCUT2D eigenvalue weighted by Crippen LogP contribution is 2.36. The molecule has 6 nitrogen and oxygen atoms in total. The third kappa shape index (κ3) is 14.8. The number of carbonyl (C=O) groups is 2. The molecule has 0 aliphatic rings. The van der Waals surface area contributed by atoms with E-state index in [0.29, 0.717) is 12.6 Å². The number of rotatable bonds is 7. The normalized spacial score (nSPS) is 10.5. The minimum absolute atomic E-state index is 0.207. The Kier molecular flexibility index (Phi) is 13.7. The lowest BCUT2D eigenvalue weighted by molar-refractivity contribution is -0.191. The predicted octanol–water partition coefficient (Wildman–Crippen LogP) is 0.942. The topological polar surface area (TPSA) is 97.7 Å². The SMILES string of the molecule is CCP(CCC(=O)O)CCC(=O)OC.O=C=O. The van der Waals surface area contributed by atoms with Crippen molar-refractivity contribution >= 4 is 26.0 Å². The zero-order valence-electron chi connectivity index (χ0n) is 9.97. The smallest absolute Gasteiger partial charge is 0.373 e. The molecule has 0 aromatic carbocycles. The predicted molar refractivity (Wildman–Crippen MR) is 61.1 cm³/mol. The van der Waals surface area contributed by atoms with Crippen LogP contribution in [0.3, 0.4) is 0 Å². The van der Waals surface area contributed by atoms with Crippen LogP contribution in [0.1, 0.15) is 19.8 Å². The van der Waals surface area contributed by atoms with Crippen LogP contribution in [0.4, 0.5) is 0 Å². The van der Waals surface area contributed by atoms with E-state index in [4.69, 9.17) is 14.7 Å². The number of aliphatic carboxylic acids is 1. The molecule has 0 radical (unpaired) electrons. The Hall–Kier alpha value is -1.25. The van der Waals surface area contributed by atoms with E-state index in [-0.39, 0.29) is 26.5 Å². The molecule has 0 aromatic heterocycles. The summed E-state index contributed by atoms with van der Waals surface area (Å²) in [6, 6.07) is 0. The Balaban J connectivity index is 0. The zero-order valence-corrected chi connectivity index (χ0v) is 10.9. The van der Waals surface area contributed by atoms with Gasteiger partial charge in [0.15, 0.2) is 0 Å². The Morgan fingerprint density at radius 3 is 2.06 bits per heavy atom. The molecule has 0 aliphatic heterocycles. The number of carboxylic acid groups (broad SMARTS) is 1. The molecule has 7 heteroatoms. The molecule has 0 aliphatic carbocycles. The standard InChI is InChI=1S/C9H17O4P.CO2/c1-3-14(6-4-8(10)11)7-5-9(12)13-2;2-1-3/h3-7H2,1-2H3,(H,10,11);. The second kappa shape index (κ2) is 12.8. The molecular formula is C10H17O6P. The van der Waals surface area contributed by atoms with Crippen LogP contribution in [0.15, 0.2) is 0 Å². The van der Waals surface area contributed by atoms with Crippen molar-refractivity contribution in [3.8, 4) is 0 Å². The Labute approximate surface area is 101 Å². The average molecular weight is 264 g/mol. The van der Waals surface area contributed by atoms with Crippen LogP contribution in [0.5, 0.6) is 0 Å². The summed E-state index contributed by atoms with van der Waals surface area (Å²) in [4.78, 5) is 37.4. The van der Waals surface area contributed by atoms with Crippen molar-refractivity contribution in [3.63, 3.8) is 0 Å². The number of carbonyl (C=O) groups excluding carboxylic acids is 3. The van der Waals surface area contributed by atoms with Gasteiger partial charge in [0.25, 0.3) is 0 Å². The molecule has 0 bridgehead atoms. The van der Waals surface area contributed by atoms with Gasteiger partial charge in [-0.3, -0.25) is 9.59 Å². The monoisotopic (exact) mass is 264 g/mol.